The predicted molar refractivity (Wildman–Crippen MR) is 68.9 cm³/mol. The largest absolute Gasteiger partial charge is 0.369 e. The van der Waals surface area contributed by atoms with Crippen LogP contribution in [0.5, 0.6) is 0 Å². The molecule has 16 heavy (non-hydrogen) atoms. The molecule has 0 saturated heterocycles. The van der Waals surface area contributed by atoms with Gasteiger partial charge in [-0.3, -0.25) is 0 Å². The zero-order valence-corrected chi connectivity index (χ0v) is 11.3. The number of aliphatic imine (C=N–C) groups is 1. The average molecular weight is 331 g/mol. The Labute approximate surface area is 106 Å². The van der Waals surface area contributed by atoms with E-state index in [0.29, 0.717) is 11.2 Å². The highest BCUT2D eigenvalue weighted by atomic mass is 127. The van der Waals surface area contributed by atoms with Gasteiger partial charge in [-0.25, -0.2) is 14.6 Å². The van der Waals surface area contributed by atoms with E-state index in [2.05, 4.69) is 47.5 Å². The van der Waals surface area contributed by atoms with Crippen molar-refractivity contribution in [1.82, 2.24) is 20.2 Å². The Bertz CT molecular complexity index is 548. The first-order valence-electron chi connectivity index (χ1n) is 4.58. The number of aryl methyl sites for hydroxylation is 1. The van der Waals surface area contributed by atoms with Gasteiger partial charge < -0.3 is 4.90 Å². The van der Waals surface area contributed by atoms with Crippen LogP contribution in [0, 0.1) is 10.5 Å². The van der Waals surface area contributed by atoms with Crippen molar-refractivity contribution in [2.45, 2.75) is 6.92 Å². The lowest BCUT2D eigenvalue weighted by atomic mass is 10.3. The van der Waals surface area contributed by atoms with E-state index in [1.165, 1.54) is 0 Å². The Balaban J connectivity index is 2.64. The fourth-order valence-electron chi connectivity index (χ4n) is 1.18. The Kier molecular flexibility index (Phi) is 3.03. The second-order valence-electron chi connectivity index (χ2n) is 3.50. The highest BCUT2D eigenvalue weighted by molar-refractivity contribution is 14.1. The first kappa shape index (κ1) is 11.2. The summed E-state index contributed by atoms with van der Waals surface area (Å²) in [5.41, 5.74) is 2.70. The molecule has 0 N–H and O–H groups in total. The Morgan fingerprint density at radius 3 is 2.81 bits per heavy atom. The second kappa shape index (κ2) is 4.32. The third kappa shape index (κ3) is 1.99. The van der Waals surface area contributed by atoms with Crippen LogP contribution in [-0.4, -0.2) is 40.6 Å². The maximum Gasteiger partial charge on any atom is 0.226 e. The van der Waals surface area contributed by atoms with Crippen LogP contribution < -0.4 is 0 Å². The lowest BCUT2D eigenvalue weighted by Gasteiger charge is -2.04. The molecule has 0 amide bonds. The molecule has 0 bridgehead atoms. The van der Waals surface area contributed by atoms with E-state index in [4.69, 9.17) is 0 Å². The summed E-state index contributed by atoms with van der Waals surface area (Å²) in [6.45, 7) is 1.91. The van der Waals surface area contributed by atoms with Gasteiger partial charge in [0.2, 0.25) is 5.65 Å². The van der Waals surface area contributed by atoms with Crippen molar-refractivity contribution in [3.8, 4) is 0 Å². The summed E-state index contributed by atoms with van der Waals surface area (Å²) in [5, 5.41) is 7.53. The molecule has 0 aliphatic rings. The van der Waals surface area contributed by atoms with Gasteiger partial charge >= 0.3 is 0 Å². The van der Waals surface area contributed by atoms with Crippen LogP contribution in [0.3, 0.4) is 0 Å². The molecule has 0 fully saturated rings. The van der Waals surface area contributed by atoms with Gasteiger partial charge in [0.25, 0.3) is 0 Å². The number of rotatable bonds is 2. The molecule has 7 heteroatoms. The van der Waals surface area contributed by atoms with Crippen molar-refractivity contribution in [2.24, 2.45) is 4.99 Å². The molecule has 2 aromatic heterocycles. The minimum atomic E-state index is 0.490. The van der Waals surface area contributed by atoms with E-state index in [1.54, 1.807) is 6.34 Å². The molecular formula is C9H10IN5O. The van der Waals surface area contributed by atoms with Crippen molar-refractivity contribution in [3.05, 3.63) is 9.26 Å². The van der Waals surface area contributed by atoms with Gasteiger partial charge in [-0.1, -0.05) is 0 Å². The molecular weight excluding hydrogens is 321 g/mol. The van der Waals surface area contributed by atoms with E-state index in [0.717, 1.165) is 15.0 Å². The normalized spacial score (nSPS) is 11.5. The molecule has 0 aliphatic heterocycles. The number of hydrogen-bond donors (Lipinski definition) is 0. The Morgan fingerprint density at radius 1 is 1.38 bits per heavy atom. The molecule has 0 saturated carbocycles. The zero-order chi connectivity index (χ0) is 11.7. The number of aromatic nitrogens is 3. The first-order chi connectivity index (χ1) is 7.59. The lowest BCUT2D eigenvalue weighted by molar-refractivity contribution is 0.315. The van der Waals surface area contributed by atoms with Gasteiger partial charge in [-0.05, 0) is 39.8 Å². The summed E-state index contributed by atoms with van der Waals surface area (Å²) in [4.78, 5) is 10.5. The number of fused-ring (bicyclic) bond motifs is 1. The van der Waals surface area contributed by atoms with Gasteiger partial charge in [0.05, 0.1) is 15.6 Å². The molecule has 0 unspecified atom stereocenters. The van der Waals surface area contributed by atoms with Crippen LogP contribution in [0.25, 0.3) is 11.2 Å². The molecule has 0 spiro atoms. The predicted octanol–water partition coefficient (Wildman–Crippen LogP) is 1.75. The van der Waals surface area contributed by atoms with E-state index in [9.17, 15) is 0 Å². The summed E-state index contributed by atoms with van der Waals surface area (Å²) < 4.78 is 5.63. The lowest BCUT2D eigenvalue weighted by Crippen LogP contribution is -2.07. The summed E-state index contributed by atoms with van der Waals surface area (Å²) in [6, 6.07) is 0. The molecule has 0 aliphatic carbocycles. The van der Waals surface area contributed by atoms with Crippen molar-refractivity contribution in [2.75, 3.05) is 14.1 Å². The minimum absolute atomic E-state index is 0.490. The summed E-state index contributed by atoms with van der Waals surface area (Å²) in [7, 11) is 3.81. The topological polar surface area (TPSA) is 67.4 Å². The first-order valence-corrected chi connectivity index (χ1v) is 5.66. The highest BCUT2D eigenvalue weighted by Gasteiger charge is 2.14. The maximum absolute atomic E-state index is 4.67. The monoisotopic (exact) mass is 331 g/mol. The summed E-state index contributed by atoms with van der Waals surface area (Å²) >= 11 is 2.19. The van der Waals surface area contributed by atoms with Crippen LogP contribution in [0.15, 0.2) is 9.62 Å². The van der Waals surface area contributed by atoms with Crippen LogP contribution >= 0.6 is 22.6 Å². The van der Waals surface area contributed by atoms with E-state index in [-0.39, 0.29) is 0 Å². The van der Waals surface area contributed by atoms with Crippen LogP contribution in [0.4, 0.5) is 5.69 Å². The Morgan fingerprint density at radius 2 is 2.12 bits per heavy atom. The third-order valence-electron chi connectivity index (χ3n) is 1.91. The molecule has 6 nitrogen and oxygen atoms in total. The average Bonchev–Trinajstić information content (AvgIpc) is 2.65. The van der Waals surface area contributed by atoms with E-state index >= 15 is 0 Å². The van der Waals surface area contributed by atoms with E-state index in [1.807, 2.05) is 25.9 Å². The summed E-state index contributed by atoms with van der Waals surface area (Å²) in [6.07, 6.45) is 1.71. The quantitative estimate of drug-likeness (QED) is 0.476. The number of nitrogens with zero attached hydrogens (tertiary/aromatic N) is 5. The number of halogens is 1. The van der Waals surface area contributed by atoms with Gasteiger partial charge in [0.15, 0.2) is 5.52 Å². The fourth-order valence-corrected chi connectivity index (χ4v) is 1.70. The number of hydrogen-bond acceptors (Lipinski definition) is 5. The van der Waals surface area contributed by atoms with Crippen LogP contribution in [0.2, 0.25) is 0 Å². The van der Waals surface area contributed by atoms with Gasteiger partial charge in [-0.2, -0.15) is 0 Å². The fraction of sp³-hybridized carbons (Fsp3) is 0.333. The molecule has 0 radical (unpaired) electrons. The van der Waals surface area contributed by atoms with Gasteiger partial charge in [-0.15, -0.1) is 0 Å². The standard InChI is InChI=1S/C9H10IN5O/c1-5-6(10)7(11-4-15(2)3)8-9(12-5)14-16-13-8/h4H,1-3H3. The second-order valence-corrected chi connectivity index (χ2v) is 4.58. The third-order valence-corrected chi connectivity index (χ3v) is 3.20. The molecule has 2 heterocycles. The maximum atomic E-state index is 4.67. The van der Waals surface area contributed by atoms with Crippen molar-refractivity contribution in [1.29, 1.82) is 0 Å². The highest BCUT2D eigenvalue weighted by Crippen LogP contribution is 2.29. The number of pyridine rings is 1. The van der Waals surface area contributed by atoms with Crippen molar-refractivity contribution in [3.63, 3.8) is 0 Å². The molecule has 2 aromatic rings. The SMILES string of the molecule is Cc1nc2nonc2c(N=CN(C)C)c1I. The van der Waals surface area contributed by atoms with Gasteiger partial charge in [0, 0.05) is 14.1 Å². The van der Waals surface area contributed by atoms with Crippen molar-refractivity contribution < 1.29 is 4.63 Å². The molecule has 0 aromatic carbocycles. The smallest absolute Gasteiger partial charge is 0.226 e. The molecule has 84 valence electrons. The van der Waals surface area contributed by atoms with Gasteiger partial charge in [0.1, 0.15) is 5.69 Å². The molecule has 2 rings (SSSR count). The molecule has 0 atom stereocenters. The van der Waals surface area contributed by atoms with E-state index < -0.39 is 0 Å². The van der Waals surface area contributed by atoms with Crippen molar-refractivity contribution >= 4 is 45.8 Å². The Hall–Kier alpha value is -1.25. The summed E-state index contributed by atoms with van der Waals surface area (Å²) in [5.74, 6) is 0. The zero-order valence-electron chi connectivity index (χ0n) is 9.10. The minimum Gasteiger partial charge on any atom is -0.369 e. The van der Waals surface area contributed by atoms with Crippen LogP contribution in [0.1, 0.15) is 5.69 Å². The van der Waals surface area contributed by atoms with Crippen LogP contribution in [-0.2, 0) is 0 Å².